The van der Waals surface area contributed by atoms with Crippen molar-refractivity contribution in [2.75, 3.05) is 27.3 Å². The molecule has 2 atom stereocenters. The summed E-state index contributed by atoms with van der Waals surface area (Å²) in [5.41, 5.74) is 1.12. The molecule has 0 saturated carbocycles. The van der Waals surface area contributed by atoms with Crippen molar-refractivity contribution in [1.82, 2.24) is 4.90 Å². The third-order valence-electron chi connectivity index (χ3n) is 3.37. The molecule has 0 fully saturated rings. The van der Waals surface area contributed by atoms with E-state index in [1.54, 1.807) is 7.11 Å². The number of para-hydroxylation sites is 1. The summed E-state index contributed by atoms with van der Waals surface area (Å²) in [4.78, 5) is 2.10. The Labute approximate surface area is 122 Å². The van der Waals surface area contributed by atoms with Gasteiger partial charge in [0.2, 0.25) is 0 Å². The van der Waals surface area contributed by atoms with E-state index in [-0.39, 0.29) is 12.1 Å². The molecular formula is C16H27NO3. The lowest BCUT2D eigenvalue weighted by Gasteiger charge is -2.28. The van der Waals surface area contributed by atoms with Gasteiger partial charge >= 0.3 is 0 Å². The maximum Gasteiger partial charge on any atom is 0.123 e. The molecule has 0 radical (unpaired) electrons. The lowest BCUT2D eigenvalue weighted by molar-refractivity contribution is -0.00958. The summed E-state index contributed by atoms with van der Waals surface area (Å²) < 4.78 is 10.8. The molecule has 1 N–H and O–H groups in total. The van der Waals surface area contributed by atoms with E-state index in [1.165, 1.54) is 0 Å². The zero-order valence-electron chi connectivity index (χ0n) is 13.2. The molecular weight excluding hydrogens is 254 g/mol. The Morgan fingerprint density at radius 1 is 1.20 bits per heavy atom. The van der Waals surface area contributed by atoms with Crippen LogP contribution in [0, 0.1) is 0 Å². The number of ether oxygens (including phenoxy) is 2. The highest BCUT2D eigenvalue weighted by Gasteiger charge is 2.18. The van der Waals surface area contributed by atoms with Crippen LogP contribution in [0.15, 0.2) is 24.3 Å². The topological polar surface area (TPSA) is 41.9 Å². The lowest BCUT2D eigenvalue weighted by atomic mass is 10.1. The quantitative estimate of drug-likeness (QED) is 0.795. The number of hydrogen-bond donors (Lipinski definition) is 1. The number of benzene rings is 1. The second-order valence-corrected chi connectivity index (χ2v) is 5.39. The first-order chi connectivity index (χ1) is 9.45. The molecule has 114 valence electrons. The molecule has 0 aliphatic heterocycles. The van der Waals surface area contributed by atoms with Gasteiger partial charge < -0.3 is 14.6 Å². The fourth-order valence-electron chi connectivity index (χ4n) is 2.10. The molecule has 0 aromatic heterocycles. The van der Waals surface area contributed by atoms with Gasteiger partial charge in [0.25, 0.3) is 0 Å². The number of aliphatic hydroxyl groups is 1. The van der Waals surface area contributed by atoms with Crippen molar-refractivity contribution in [1.29, 1.82) is 0 Å². The predicted octanol–water partition coefficient (Wildman–Crippen LogP) is 2.47. The Bertz CT molecular complexity index is 395. The molecule has 1 aromatic rings. The molecule has 1 rings (SSSR count). The molecule has 0 aliphatic carbocycles. The van der Waals surface area contributed by atoms with Crippen molar-refractivity contribution < 1.29 is 14.6 Å². The third-order valence-corrected chi connectivity index (χ3v) is 3.37. The van der Waals surface area contributed by atoms with E-state index in [0.29, 0.717) is 13.2 Å². The summed E-state index contributed by atoms with van der Waals surface area (Å²) in [6.45, 7) is 6.96. The van der Waals surface area contributed by atoms with Gasteiger partial charge in [0.15, 0.2) is 0 Å². The third kappa shape index (κ3) is 5.12. The van der Waals surface area contributed by atoms with Crippen molar-refractivity contribution in [2.24, 2.45) is 0 Å². The fourth-order valence-corrected chi connectivity index (χ4v) is 2.10. The van der Waals surface area contributed by atoms with Crippen molar-refractivity contribution in [3.63, 3.8) is 0 Å². The molecule has 0 aliphatic rings. The number of nitrogens with zero attached hydrogens (tertiary/aromatic N) is 1. The van der Waals surface area contributed by atoms with Crippen molar-refractivity contribution in [2.45, 2.75) is 39.0 Å². The van der Waals surface area contributed by atoms with Gasteiger partial charge in [-0.2, -0.15) is 0 Å². The highest BCUT2D eigenvalue weighted by atomic mass is 16.5. The summed E-state index contributed by atoms with van der Waals surface area (Å²) in [7, 11) is 3.67. The summed E-state index contributed by atoms with van der Waals surface area (Å²) in [6.07, 6.45) is -0.346. The van der Waals surface area contributed by atoms with E-state index in [0.717, 1.165) is 11.3 Å². The molecule has 4 nitrogen and oxygen atoms in total. The van der Waals surface area contributed by atoms with Crippen LogP contribution in [0.25, 0.3) is 0 Å². The Kier molecular flexibility index (Phi) is 6.99. The normalized spacial score (nSPS) is 14.6. The lowest BCUT2D eigenvalue weighted by Crippen LogP contribution is -2.34. The molecule has 4 heteroatoms. The highest BCUT2D eigenvalue weighted by molar-refractivity contribution is 5.35. The molecule has 2 unspecified atom stereocenters. The minimum absolute atomic E-state index is 0.140. The largest absolute Gasteiger partial charge is 0.496 e. The van der Waals surface area contributed by atoms with Crippen LogP contribution < -0.4 is 4.74 Å². The maximum atomic E-state index is 9.99. The molecule has 20 heavy (non-hydrogen) atoms. The van der Waals surface area contributed by atoms with Crippen LogP contribution in [0.5, 0.6) is 5.75 Å². The van der Waals surface area contributed by atoms with Crippen molar-refractivity contribution >= 4 is 0 Å². The minimum atomic E-state index is -0.487. The molecule has 0 bridgehead atoms. The van der Waals surface area contributed by atoms with E-state index < -0.39 is 6.10 Å². The first kappa shape index (κ1) is 17.0. The van der Waals surface area contributed by atoms with E-state index in [2.05, 4.69) is 17.9 Å². The van der Waals surface area contributed by atoms with Gasteiger partial charge in [0.05, 0.1) is 25.9 Å². The summed E-state index contributed by atoms with van der Waals surface area (Å²) >= 11 is 0. The molecule has 0 heterocycles. The Hall–Kier alpha value is -1.10. The predicted molar refractivity (Wildman–Crippen MR) is 81.1 cm³/mol. The number of likely N-dealkylation sites (N-methyl/N-ethyl adjacent to an activating group) is 1. The maximum absolute atomic E-state index is 9.99. The first-order valence-electron chi connectivity index (χ1n) is 7.08. The van der Waals surface area contributed by atoms with Crippen LogP contribution >= 0.6 is 0 Å². The highest BCUT2D eigenvalue weighted by Crippen LogP contribution is 2.27. The van der Waals surface area contributed by atoms with E-state index in [9.17, 15) is 5.11 Å². The smallest absolute Gasteiger partial charge is 0.123 e. The number of hydrogen-bond acceptors (Lipinski definition) is 4. The van der Waals surface area contributed by atoms with Crippen LogP contribution in [0.1, 0.15) is 32.4 Å². The van der Waals surface area contributed by atoms with Gasteiger partial charge in [-0.05, 0) is 33.9 Å². The second kappa shape index (κ2) is 8.25. The standard InChI is InChI=1S/C16H27NO3/c1-12(2)20-11-14(18)10-17(4)13(3)15-8-6-7-9-16(15)19-5/h6-9,12-14,18H,10-11H2,1-5H3. The van der Waals surface area contributed by atoms with Gasteiger partial charge in [-0.25, -0.2) is 0 Å². The van der Waals surface area contributed by atoms with E-state index in [4.69, 9.17) is 9.47 Å². The zero-order chi connectivity index (χ0) is 15.1. The van der Waals surface area contributed by atoms with Gasteiger partial charge in [0.1, 0.15) is 5.75 Å². The van der Waals surface area contributed by atoms with E-state index >= 15 is 0 Å². The number of rotatable bonds is 8. The molecule has 1 aromatic carbocycles. The second-order valence-electron chi connectivity index (χ2n) is 5.39. The van der Waals surface area contributed by atoms with Gasteiger partial charge in [-0.1, -0.05) is 18.2 Å². The van der Waals surface area contributed by atoms with Crippen LogP contribution in [0.3, 0.4) is 0 Å². The summed E-state index contributed by atoms with van der Waals surface area (Å²) in [6, 6.07) is 8.13. The first-order valence-corrected chi connectivity index (χ1v) is 7.08. The Balaban J connectivity index is 2.60. The summed E-state index contributed by atoms with van der Waals surface area (Å²) in [5.74, 6) is 0.875. The van der Waals surface area contributed by atoms with Crippen molar-refractivity contribution in [3.8, 4) is 5.75 Å². The van der Waals surface area contributed by atoms with Crippen molar-refractivity contribution in [3.05, 3.63) is 29.8 Å². The fraction of sp³-hybridized carbons (Fsp3) is 0.625. The number of aliphatic hydroxyl groups excluding tert-OH is 1. The van der Waals surface area contributed by atoms with Gasteiger partial charge in [-0.15, -0.1) is 0 Å². The molecule has 0 spiro atoms. The summed E-state index contributed by atoms with van der Waals surface area (Å²) in [5, 5.41) is 9.99. The Morgan fingerprint density at radius 3 is 2.45 bits per heavy atom. The minimum Gasteiger partial charge on any atom is -0.496 e. The monoisotopic (exact) mass is 281 g/mol. The van der Waals surface area contributed by atoms with Crippen LogP contribution in [0.4, 0.5) is 0 Å². The van der Waals surface area contributed by atoms with Gasteiger partial charge in [0, 0.05) is 18.2 Å². The van der Waals surface area contributed by atoms with Gasteiger partial charge in [-0.3, -0.25) is 4.90 Å². The molecule has 0 saturated heterocycles. The SMILES string of the molecule is COc1ccccc1C(C)N(C)CC(O)COC(C)C. The zero-order valence-corrected chi connectivity index (χ0v) is 13.2. The average Bonchev–Trinajstić information content (AvgIpc) is 2.44. The Morgan fingerprint density at radius 2 is 1.85 bits per heavy atom. The van der Waals surface area contributed by atoms with Crippen LogP contribution in [-0.4, -0.2) is 49.5 Å². The van der Waals surface area contributed by atoms with Crippen LogP contribution in [-0.2, 0) is 4.74 Å². The number of methoxy groups -OCH3 is 1. The van der Waals surface area contributed by atoms with E-state index in [1.807, 2.05) is 39.1 Å². The average molecular weight is 281 g/mol. The van der Waals surface area contributed by atoms with Crippen LogP contribution in [0.2, 0.25) is 0 Å². The molecule has 0 amide bonds.